The molecule has 6 heteroatoms. The van der Waals surface area contributed by atoms with E-state index < -0.39 is 6.04 Å². The van der Waals surface area contributed by atoms with Crippen molar-refractivity contribution in [1.82, 2.24) is 0 Å². The van der Waals surface area contributed by atoms with Gasteiger partial charge >= 0.3 is 5.97 Å². The second-order valence-electron chi connectivity index (χ2n) is 9.20. The number of benzene rings is 2. The highest BCUT2D eigenvalue weighted by atomic mass is 32.1. The number of nitrogens with one attached hydrogen (secondary N) is 1. The summed E-state index contributed by atoms with van der Waals surface area (Å²) in [7, 11) is 0. The number of Topliss-reactive ketones (excluding diaryl/α,β-unsaturated/α-hetero) is 1. The lowest BCUT2D eigenvalue weighted by atomic mass is 9.83. The van der Waals surface area contributed by atoms with Crippen LogP contribution in [0.4, 0.5) is 5.69 Å². The summed E-state index contributed by atoms with van der Waals surface area (Å²) in [5.74, 6) is 0.314. The van der Waals surface area contributed by atoms with E-state index in [9.17, 15) is 9.59 Å². The monoisotopic (exact) mass is 461 g/mol. The van der Waals surface area contributed by atoms with Gasteiger partial charge in [0.2, 0.25) is 5.78 Å². The molecule has 3 fully saturated rings. The van der Waals surface area contributed by atoms with Gasteiger partial charge in [-0.2, -0.15) is 0 Å². The van der Waals surface area contributed by atoms with Crippen LogP contribution in [0.25, 0.3) is 0 Å². The van der Waals surface area contributed by atoms with Gasteiger partial charge in [-0.1, -0.05) is 54.6 Å². The number of anilines is 1. The third-order valence-corrected chi connectivity index (χ3v) is 7.95. The molecule has 0 radical (unpaired) electrons. The van der Waals surface area contributed by atoms with Crippen molar-refractivity contribution in [3.8, 4) is 0 Å². The van der Waals surface area contributed by atoms with Gasteiger partial charge < -0.3 is 14.5 Å². The van der Waals surface area contributed by atoms with Crippen LogP contribution < -0.4 is 5.32 Å². The first-order valence-corrected chi connectivity index (χ1v) is 12.5. The van der Waals surface area contributed by atoms with Gasteiger partial charge in [0.05, 0.1) is 18.0 Å². The van der Waals surface area contributed by atoms with Gasteiger partial charge in [-0.05, 0) is 29.1 Å². The van der Waals surface area contributed by atoms with Crippen molar-refractivity contribution in [1.29, 1.82) is 0 Å². The maximum absolute atomic E-state index is 13.4. The average molecular weight is 462 g/mol. The number of esters is 1. The zero-order chi connectivity index (χ0) is 22.7. The maximum Gasteiger partial charge on any atom is 0.333 e. The standard InChI is InChI=1S/C27H29N2O3S/c30-23(25-12-7-17-33-25)18-29-15-13-20(14-16-29)24(19-29)32-27(31)26(21-8-3-1-4-9-21)28-22-10-5-2-6-11-22/h1-12,17,20,24,26,28H,13-16,18-19H2/q+1. The molecule has 3 aliphatic heterocycles. The molecule has 4 heterocycles. The number of quaternary nitrogens is 1. The molecular weight excluding hydrogens is 432 g/mol. The Labute approximate surface area is 198 Å². The molecule has 3 aliphatic rings. The third kappa shape index (κ3) is 4.87. The van der Waals surface area contributed by atoms with E-state index in [1.54, 1.807) is 0 Å². The van der Waals surface area contributed by atoms with Crippen LogP contribution in [-0.4, -0.2) is 48.5 Å². The summed E-state index contributed by atoms with van der Waals surface area (Å²) in [5.41, 5.74) is 1.76. The van der Waals surface area contributed by atoms with E-state index in [0.29, 0.717) is 12.5 Å². The lowest BCUT2D eigenvalue weighted by Crippen LogP contribution is -2.65. The van der Waals surface area contributed by atoms with Crippen LogP contribution in [0.15, 0.2) is 78.2 Å². The molecule has 0 saturated carbocycles. The second kappa shape index (κ2) is 9.49. The fourth-order valence-electron chi connectivity index (χ4n) is 5.24. The van der Waals surface area contributed by atoms with Gasteiger partial charge in [0.1, 0.15) is 13.1 Å². The van der Waals surface area contributed by atoms with Gasteiger partial charge in [-0.25, -0.2) is 4.79 Å². The maximum atomic E-state index is 13.4. The fraction of sp³-hybridized carbons (Fsp3) is 0.333. The molecule has 2 aromatic carbocycles. The largest absolute Gasteiger partial charge is 0.454 e. The summed E-state index contributed by atoms with van der Waals surface area (Å²) >= 11 is 1.50. The summed E-state index contributed by atoms with van der Waals surface area (Å²) in [5, 5.41) is 5.30. The quantitative estimate of drug-likeness (QED) is 0.293. The molecule has 170 valence electrons. The van der Waals surface area contributed by atoms with Crippen molar-refractivity contribution in [2.24, 2.45) is 5.92 Å². The van der Waals surface area contributed by atoms with Gasteiger partial charge in [0.15, 0.2) is 12.1 Å². The van der Waals surface area contributed by atoms with Gasteiger partial charge in [-0.15, -0.1) is 11.3 Å². The Hall–Kier alpha value is -2.96. The number of ether oxygens (including phenoxy) is 1. The average Bonchev–Trinajstić information content (AvgIpc) is 3.40. The topological polar surface area (TPSA) is 55.4 Å². The van der Waals surface area contributed by atoms with E-state index in [1.807, 2.05) is 78.2 Å². The van der Waals surface area contributed by atoms with E-state index in [1.165, 1.54) is 11.3 Å². The number of carbonyl (C=O) groups is 2. The lowest BCUT2D eigenvalue weighted by molar-refractivity contribution is -0.938. The number of rotatable bonds is 8. The number of para-hydroxylation sites is 1. The first kappa shape index (κ1) is 21.9. The van der Waals surface area contributed by atoms with Crippen LogP contribution in [-0.2, 0) is 9.53 Å². The Morgan fingerprint density at radius 2 is 1.67 bits per heavy atom. The fourth-order valence-corrected chi connectivity index (χ4v) is 5.90. The van der Waals surface area contributed by atoms with Crippen molar-refractivity contribution in [2.75, 3.05) is 31.5 Å². The van der Waals surface area contributed by atoms with E-state index in [-0.39, 0.29) is 17.9 Å². The number of thiophene rings is 1. The third-order valence-electron chi connectivity index (χ3n) is 7.04. The molecule has 0 spiro atoms. The molecule has 2 bridgehead atoms. The van der Waals surface area contributed by atoms with Crippen LogP contribution >= 0.6 is 11.3 Å². The number of hydrogen-bond donors (Lipinski definition) is 1. The van der Waals surface area contributed by atoms with Crippen LogP contribution in [0.2, 0.25) is 0 Å². The summed E-state index contributed by atoms with van der Waals surface area (Å²) in [6.07, 6.45) is 1.84. The Balaban J connectivity index is 1.31. The Kier molecular flexibility index (Phi) is 6.29. The zero-order valence-electron chi connectivity index (χ0n) is 18.6. The first-order chi connectivity index (χ1) is 16.1. The number of fused-ring (bicyclic) bond motifs is 3. The minimum absolute atomic E-state index is 0.153. The van der Waals surface area contributed by atoms with Crippen LogP contribution in [0.5, 0.6) is 0 Å². The Morgan fingerprint density at radius 3 is 2.33 bits per heavy atom. The molecule has 2 unspecified atom stereocenters. The number of hydrogen-bond acceptors (Lipinski definition) is 5. The lowest BCUT2D eigenvalue weighted by Gasteiger charge is -2.51. The molecule has 33 heavy (non-hydrogen) atoms. The van der Waals surface area contributed by atoms with E-state index in [4.69, 9.17) is 4.74 Å². The molecule has 6 rings (SSSR count). The predicted molar refractivity (Wildman–Crippen MR) is 130 cm³/mol. The SMILES string of the molecule is O=C(C[N+]12CCC(CC1)C(OC(=O)C(Nc1ccccc1)c1ccccc1)C2)c1cccs1. The van der Waals surface area contributed by atoms with Gasteiger partial charge in [0.25, 0.3) is 0 Å². The highest BCUT2D eigenvalue weighted by Crippen LogP contribution is 2.37. The molecule has 3 aromatic rings. The molecule has 3 saturated heterocycles. The first-order valence-electron chi connectivity index (χ1n) is 11.6. The zero-order valence-corrected chi connectivity index (χ0v) is 19.4. The van der Waals surface area contributed by atoms with Crippen molar-refractivity contribution in [3.63, 3.8) is 0 Å². The van der Waals surface area contributed by atoms with Crippen molar-refractivity contribution in [2.45, 2.75) is 25.0 Å². The molecule has 1 aromatic heterocycles. The number of carbonyl (C=O) groups excluding carboxylic acids is 2. The summed E-state index contributed by atoms with van der Waals surface area (Å²) in [6.45, 7) is 3.19. The molecule has 2 atom stereocenters. The molecule has 1 N–H and O–H groups in total. The summed E-state index contributed by atoms with van der Waals surface area (Å²) in [4.78, 5) is 27.1. The van der Waals surface area contributed by atoms with Gasteiger partial charge in [-0.3, -0.25) is 4.79 Å². The Morgan fingerprint density at radius 1 is 0.970 bits per heavy atom. The Bertz CT molecular complexity index is 1080. The highest BCUT2D eigenvalue weighted by Gasteiger charge is 2.49. The van der Waals surface area contributed by atoms with E-state index >= 15 is 0 Å². The molecular formula is C27H29N2O3S+. The van der Waals surface area contributed by atoms with Gasteiger partial charge in [0, 0.05) is 24.4 Å². The molecule has 0 aliphatic carbocycles. The normalized spacial score (nSPS) is 24.7. The van der Waals surface area contributed by atoms with Crippen molar-refractivity contribution >= 4 is 28.8 Å². The van der Waals surface area contributed by atoms with Crippen LogP contribution in [0, 0.1) is 5.92 Å². The minimum Gasteiger partial charge on any atom is -0.454 e. The number of nitrogens with zero attached hydrogens (tertiary/aromatic N) is 1. The van der Waals surface area contributed by atoms with E-state index in [0.717, 1.165) is 53.1 Å². The summed E-state index contributed by atoms with van der Waals surface area (Å²) in [6, 6.07) is 22.7. The number of ketones is 1. The highest BCUT2D eigenvalue weighted by molar-refractivity contribution is 7.12. The minimum atomic E-state index is -0.578. The van der Waals surface area contributed by atoms with Crippen LogP contribution in [0.1, 0.15) is 34.1 Å². The van der Waals surface area contributed by atoms with E-state index in [2.05, 4.69) is 5.32 Å². The van der Waals surface area contributed by atoms with Crippen molar-refractivity contribution < 1.29 is 18.8 Å². The van der Waals surface area contributed by atoms with Crippen molar-refractivity contribution in [3.05, 3.63) is 88.6 Å². The van der Waals surface area contributed by atoms with Crippen LogP contribution in [0.3, 0.4) is 0 Å². The second-order valence-corrected chi connectivity index (χ2v) is 10.1. The predicted octanol–water partition coefficient (Wildman–Crippen LogP) is 4.94. The summed E-state index contributed by atoms with van der Waals surface area (Å²) < 4.78 is 6.92. The molecule has 5 nitrogen and oxygen atoms in total. The smallest absolute Gasteiger partial charge is 0.333 e. The molecule has 0 amide bonds. The number of piperidine rings is 3.